The van der Waals surface area contributed by atoms with Crippen LogP contribution in [0, 0.1) is 24.0 Å². The number of nitro benzene ring substituents is 1. The highest BCUT2D eigenvalue weighted by Crippen LogP contribution is 2.20. The Hall–Kier alpha value is -3.22. The summed E-state index contributed by atoms with van der Waals surface area (Å²) in [6, 6.07) is 5.84. The summed E-state index contributed by atoms with van der Waals surface area (Å²) < 4.78 is 5.00. The number of carbonyl (C=O) groups is 2. The molecule has 0 fully saturated rings. The lowest BCUT2D eigenvalue weighted by Crippen LogP contribution is -2.07. The van der Waals surface area contributed by atoms with Gasteiger partial charge >= 0.3 is 5.97 Å². The van der Waals surface area contributed by atoms with Crippen LogP contribution in [0.3, 0.4) is 0 Å². The molecule has 0 aliphatic rings. The zero-order valence-electron chi connectivity index (χ0n) is 14.2. The summed E-state index contributed by atoms with van der Waals surface area (Å²) in [5.41, 5.74) is 2.44. The van der Waals surface area contributed by atoms with Crippen molar-refractivity contribution >= 4 is 23.5 Å². The Morgan fingerprint density at radius 3 is 2.44 bits per heavy atom. The number of benzene rings is 1. The summed E-state index contributed by atoms with van der Waals surface area (Å²) in [6.45, 7) is 5.36. The van der Waals surface area contributed by atoms with Gasteiger partial charge in [-0.25, -0.2) is 4.79 Å². The predicted octanol–water partition coefficient (Wildman–Crippen LogP) is 3.61. The van der Waals surface area contributed by atoms with Gasteiger partial charge in [-0.15, -0.1) is 0 Å². The second-order valence-electron chi connectivity index (χ2n) is 5.39. The largest absolute Gasteiger partial charge is 0.462 e. The van der Waals surface area contributed by atoms with Crippen molar-refractivity contribution in [1.82, 2.24) is 4.98 Å². The molecule has 0 saturated carbocycles. The van der Waals surface area contributed by atoms with E-state index >= 15 is 0 Å². The third kappa shape index (κ3) is 4.00. The third-order valence-electron chi connectivity index (χ3n) is 3.69. The molecule has 7 nitrogen and oxygen atoms in total. The van der Waals surface area contributed by atoms with Gasteiger partial charge in [0.15, 0.2) is 0 Å². The molecule has 1 aromatic heterocycles. The summed E-state index contributed by atoms with van der Waals surface area (Å²) in [5, 5.41) is 10.6. The van der Waals surface area contributed by atoms with Gasteiger partial charge < -0.3 is 9.72 Å². The molecule has 0 bridgehead atoms. The number of esters is 1. The van der Waals surface area contributed by atoms with Crippen molar-refractivity contribution in [1.29, 1.82) is 0 Å². The molecule has 0 atom stereocenters. The zero-order valence-corrected chi connectivity index (χ0v) is 14.2. The molecule has 1 N–H and O–H groups in total. The molecular weight excluding hydrogens is 324 g/mol. The van der Waals surface area contributed by atoms with E-state index in [2.05, 4.69) is 4.98 Å². The van der Waals surface area contributed by atoms with Crippen LogP contribution >= 0.6 is 0 Å². The summed E-state index contributed by atoms with van der Waals surface area (Å²) in [4.78, 5) is 37.4. The average Bonchev–Trinajstić information content (AvgIpc) is 2.88. The fourth-order valence-electron chi connectivity index (χ4n) is 2.47. The number of nitrogens with one attached hydrogen (secondary N) is 1. The first kappa shape index (κ1) is 18.1. The summed E-state index contributed by atoms with van der Waals surface area (Å²) >= 11 is 0. The van der Waals surface area contributed by atoms with E-state index in [1.807, 2.05) is 0 Å². The van der Waals surface area contributed by atoms with Crippen molar-refractivity contribution in [3.63, 3.8) is 0 Å². The Labute approximate surface area is 144 Å². The maximum absolute atomic E-state index is 12.4. The number of carbonyl (C=O) groups excluding carboxylic acids is 2. The van der Waals surface area contributed by atoms with Crippen molar-refractivity contribution in [2.75, 3.05) is 6.61 Å². The molecular formula is C18H18N2O5. The highest BCUT2D eigenvalue weighted by atomic mass is 16.6. The lowest BCUT2D eigenvalue weighted by molar-refractivity contribution is -0.384. The number of aryl methyl sites for hydroxylation is 1. The van der Waals surface area contributed by atoms with E-state index in [0.29, 0.717) is 28.1 Å². The van der Waals surface area contributed by atoms with Crippen LogP contribution in [0.25, 0.3) is 6.08 Å². The van der Waals surface area contributed by atoms with Gasteiger partial charge in [-0.05, 0) is 50.1 Å². The molecule has 2 rings (SSSR count). The average molecular weight is 342 g/mol. The normalized spacial score (nSPS) is 10.8. The Kier molecular flexibility index (Phi) is 5.49. The molecule has 1 aromatic carbocycles. The fourth-order valence-corrected chi connectivity index (χ4v) is 2.47. The van der Waals surface area contributed by atoms with Gasteiger partial charge in [-0.3, -0.25) is 14.9 Å². The molecule has 0 saturated heterocycles. The second-order valence-corrected chi connectivity index (χ2v) is 5.39. The molecule has 0 unspecified atom stereocenters. The molecule has 0 aliphatic carbocycles. The van der Waals surface area contributed by atoms with Crippen LogP contribution < -0.4 is 0 Å². The van der Waals surface area contributed by atoms with Gasteiger partial charge in [0.25, 0.3) is 5.69 Å². The number of aromatic amines is 1. The van der Waals surface area contributed by atoms with Gasteiger partial charge in [0, 0.05) is 17.8 Å². The van der Waals surface area contributed by atoms with E-state index in [-0.39, 0.29) is 18.1 Å². The predicted molar refractivity (Wildman–Crippen MR) is 92.7 cm³/mol. The molecule has 7 heteroatoms. The Morgan fingerprint density at radius 1 is 1.24 bits per heavy atom. The molecule has 0 amide bonds. The minimum absolute atomic E-state index is 0.0154. The molecule has 130 valence electrons. The van der Waals surface area contributed by atoms with E-state index in [1.165, 1.54) is 18.2 Å². The molecule has 0 spiro atoms. The summed E-state index contributed by atoms with van der Waals surface area (Å²) in [6.07, 6.45) is 2.92. The number of hydrogen-bond acceptors (Lipinski definition) is 5. The SMILES string of the molecule is CCOC(=O)c1c(C)[nH]c(C(=O)/C=C\c2ccc([N+](=O)[O-])cc2)c1C. The number of rotatable bonds is 6. The number of allylic oxidation sites excluding steroid dienone is 1. The van der Waals surface area contributed by atoms with Crippen LogP contribution in [0.15, 0.2) is 30.3 Å². The summed E-state index contributed by atoms with van der Waals surface area (Å²) in [7, 11) is 0. The topological polar surface area (TPSA) is 102 Å². The van der Waals surface area contributed by atoms with E-state index in [0.717, 1.165) is 0 Å². The molecule has 1 heterocycles. The Morgan fingerprint density at radius 2 is 1.88 bits per heavy atom. The van der Waals surface area contributed by atoms with Crippen LogP contribution in [0.4, 0.5) is 5.69 Å². The lowest BCUT2D eigenvalue weighted by atomic mass is 10.1. The van der Waals surface area contributed by atoms with Crippen LogP contribution in [-0.4, -0.2) is 28.3 Å². The monoisotopic (exact) mass is 342 g/mol. The first-order valence-corrected chi connectivity index (χ1v) is 7.68. The van der Waals surface area contributed by atoms with Crippen molar-refractivity contribution < 1.29 is 19.2 Å². The van der Waals surface area contributed by atoms with E-state index < -0.39 is 10.9 Å². The fraction of sp³-hybridized carbons (Fsp3) is 0.222. The number of H-pyrrole nitrogens is 1. The van der Waals surface area contributed by atoms with Crippen LogP contribution in [-0.2, 0) is 4.74 Å². The van der Waals surface area contributed by atoms with Crippen molar-refractivity contribution in [3.8, 4) is 0 Å². The van der Waals surface area contributed by atoms with Gasteiger partial charge in [-0.1, -0.05) is 6.08 Å². The minimum Gasteiger partial charge on any atom is -0.462 e. The zero-order chi connectivity index (χ0) is 18.6. The van der Waals surface area contributed by atoms with Crippen molar-refractivity contribution in [2.24, 2.45) is 0 Å². The molecule has 0 aliphatic heterocycles. The van der Waals surface area contributed by atoms with Gasteiger partial charge in [0.1, 0.15) is 0 Å². The minimum atomic E-state index is -0.485. The highest BCUT2D eigenvalue weighted by molar-refractivity contribution is 6.08. The Bertz CT molecular complexity index is 847. The maximum atomic E-state index is 12.4. The number of ether oxygens (including phenoxy) is 1. The number of hydrogen-bond donors (Lipinski definition) is 1. The smallest absolute Gasteiger partial charge is 0.340 e. The third-order valence-corrected chi connectivity index (χ3v) is 3.69. The number of ketones is 1. The quantitative estimate of drug-likeness (QED) is 0.284. The number of aromatic nitrogens is 1. The molecule has 0 radical (unpaired) electrons. The molecule has 25 heavy (non-hydrogen) atoms. The van der Waals surface area contributed by atoms with Crippen LogP contribution in [0.1, 0.15) is 44.6 Å². The number of nitrogens with zero attached hydrogens (tertiary/aromatic N) is 1. The first-order chi connectivity index (χ1) is 11.8. The number of nitro groups is 1. The van der Waals surface area contributed by atoms with E-state index in [9.17, 15) is 19.7 Å². The van der Waals surface area contributed by atoms with Gasteiger partial charge in [0.05, 0.1) is 22.8 Å². The lowest BCUT2D eigenvalue weighted by Gasteiger charge is -2.02. The summed E-state index contributed by atoms with van der Waals surface area (Å²) in [5.74, 6) is -0.762. The highest BCUT2D eigenvalue weighted by Gasteiger charge is 2.21. The van der Waals surface area contributed by atoms with Gasteiger partial charge in [-0.2, -0.15) is 0 Å². The van der Waals surface area contributed by atoms with Crippen LogP contribution in [0.5, 0.6) is 0 Å². The van der Waals surface area contributed by atoms with Crippen molar-refractivity contribution in [2.45, 2.75) is 20.8 Å². The second kappa shape index (κ2) is 7.57. The molecule has 2 aromatic rings. The van der Waals surface area contributed by atoms with Gasteiger partial charge in [0.2, 0.25) is 5.78 Å². The Balaban J connectivity index is 2.22. The van der Waals surface area contributed by atoms with Crippen LogP contribution in [0.2, 0.25) is 0 Å². The number of non-ortho nitro benzene ring substituents is 1. The maximum Gasteiger partial charge on any atom is 0.340 e. The first-order valence-electron chi connectivity index (χ1n) is 7.68. The van der Waals surface area contributed by atoms with E-state index in [4.69, 9.17) is 4.74 Å². The van der Waals surface area contributed by atoms with E-state index in [1.54, 1.807) is 39.0 Å². The van der Waals surface area contributed by atoms with Crippen molar-refractivity contribution in [3.05, 3.63) is 68.5 Å². The standard InChI is InChI=1S/C18H18N2O5/c1-4-25-18(22)16-11(2)17(19-12(16)3)15(21)10-7-13-5-8-14(9-6-13)20(23)24/h5-10,19H,4H2,1-3H3/b10-7-.